The zero-order valence-electron chi connectivity index (χ0n) is 7.11. The average molecular weight is 168 g/mol. The van der Waals surface area contributed by atoms with Crippen LogP contribution < -0.4 is 5.73 Å². The third-order valence-corrected chi connectivity index (χ3v) is 1.77. The molecule has 1 aromatic heterocycles. The van der Waals surface area contributed by atoms with Gasteiger partial charge in [-0.05, 0) is 18.6 Å². The van der Waals surface area contributed by atoms with Crippen molar-refractivity contribution in [2.24, 2.45) is 12.8 Å². The van der Waals surface area contributed by atoms with Crippen LogP contribution in [-0.4, -0.2) is 15.6 Å². The number of nitrogens with zero attached hydrogens (tertiary/aromatic N) is 1. The number of aromatic carboxylic acids is 1. The van der Waals surface area contributed by atoms with Gasteiger partial charge in [-0.2, -0.15) is 0 Å². The molecule has 0 spiro atoms. The van der Waals surface area contributed by atoms with Gasteiger partial charge in [0, 0.05) is 19.3 Å². The minimum Gasteiger partial charge on any atom is -0.477 e. The van der Waals surface area contributed by atoms with E-state index in [0.717, 1.165) is 5.56 Å². The Morgan fingerprint density at radius 2 is 2.33 bits per heavy atom. The highest BCUT2D eigenvalue weighted by molar-refractivity contribution is 5.86. The zero-order chi connectivity index (χ0) is 9.30. The number of rotatable bonds is 2. The molecule has 1 rings (SSSR count). The van der Waals surface area contributed by atoms with E-state index in [4.69, 9.17) is 10.8 Å². The maximum atomic E-state index is 10.6. The van der Waals surface area contributed by atoms with Crippen LogP contribution in [0.5, 0.6) is 0 Å². The van der Waals surface area contributed by atoms with Gasteiger partial charge < -0.3 is 15.4 Å². The lowest BCUT2D eigenvalue weighted by molar-refractivity contribution is 0.0686. The Kier molecular flexibility index (Phi) is 2.19. The van der Waals surface area contributed by atoms with E-state index < -0.39 is 5.97 Å². The van der Waals surface area contributed by atoms with E-state index in [1.165, 1.54) is 0 Å². The minimum absolute atomic E-state index is 0.121. The van der Waals surface area contributed by atoms with E-state index in [1.807, 2.05) is 6.92 Å². The molecule has 12 heavy (non-hydrogen) atoms. The first-order valence-electron chi connectivity index (χ1n) is 3.67. The van der Waals surface area contributed by atoms with E-state index >= 15 is 0 Å². The summed E-state index contributed by atoms with van der Waals surface area (Å²) in [4.78, 5) is 10.6. The molecule has 0 aliphatic rings. The second-order valence-electron chi connectivity index (χ2n) is 2.86. The van der Waals surface area contributed by atoms with Gasteiger partial charge in [0.25, 0.3) is 0 Å². The summed E-state index contributed by atoms with van der Waals surface area (Å²) >= 11 is 0. The molecule has 0 fully saturated rings. The van der Waals surface area contributed by atoms with Gasteiger partial charge in [-0.3, -0.25) is 0 Å². The summed E-state index contributed by atoms with van der Waals surface area (Å²) in [6.07, 6.45) is 1.73. The maximum absolute atomic E-state index is 10.6. The van der Waals surface area contributed by atoms with Crippen molar-refractivity contribution in [2.75, 3.05) is 0 Å². The second kappa shape index (κ2) is 2.98. The molecule has 4 nitrogen and oxygen atoms in total. The lowest BCUT2D eigenvalue weighted by Gasteiger charge is -1.97. The number of aryl methyl sites for hydroxylation is 1. The van der Waals surface area contributed by atoms with Crippen molar-refractivity contribution in [1.82, 2.24) is 4.57 Å². The van der Waals surface area contributed by atoms with Crippen LogP contribution >= 0.6 is 0 Å². The Hall–Kier alpha value is -1.29. The fourth-order valence-corrected chi connectivity index (χ4v) is 1.05. The van der Waals surface area contributed by atoms with Gasteiger partial charge in [0.1, 0.15) is 5.69 Å². The first kappa shape index (κ1) is 8.80. The molecule has 1 unspecified atom stereocenters. The van der Waals surface area contributed by atoms with Gasteiger partial charge in [-0.25, -0.2) is 4.79 Å². The Morgan fingerprint density at radius 1 is 1.75 bits per heavy atom. The number of carboxylic acids is 1. The normalized spacial score (nSPS) is 12.9. The monoisotopic (exact) mass is 168 g/mol. The van der Waals surface area contributed by atoms with Crippen molar-refractivity contribution < 1.29 is 9.90 Å². The molecule has 0 bridgehead atoms. The highest BCUT2D eigenvalue weighted by atomic mass is 16.4. The molecule has 0 aliphatic heterocycles. The summed E-state index contributed by atoms with van der Waals surface area (Å²) in [5.41, 5.74) is 6.70. The lowest BCUT2D eigenvalue weighted by atomic mass is 10.2. The Balaban J connectivity index is 3.09. The van der Waals surface area contributed by atoms with Gasteiger partial charge in [0.15, 0.2) is 0 Å². The molecule has 0 radical (unpaired) electrons. The van der Waals surface area contributed by atoms with Crippen molar-refractivity contribution in [3.63, 3.8) is 0 Å². The SMILES string of the molecule is CC(N)c1cc(C(=O)O)n(C)c1. The molecule has 1 aromatic rings. The first-order chi connectivity index (χ1) is 5.52. The Bertz CT molecular complexity index is 302. The molecule has 0 aromatic carbocycles. The molecule has 0 amide bonds. The molecule has 0 saturated heterocycles. The van der Waals surface area contributed by atoms with Crippen LogP contribution in [0.1, 0.15) is 29.0 Å². The number of nitrogens with two attached hydrogens (primary N) is 1. The van der Waals surface area contributed by atoms with E-state index in [0.29, 0.717) is 0 Å². The number of aromatic nitrogens is 1. The fraction of sp³-hybridized carbons (Fsp3) is 0.375. The summed E-state index contributed by atoms with van der Waals surface area (Å²) in [7, 11) is 1.69. The van der Waals surface area contributed by atoms with Crippen LogP contribution in [0.4, 0.5) is 0 Å². The van der Waals surface area contributed by atoms with Crippen molar-refractivity contribution in [2.45, 2.75) is 13.0 Å². The van der Waals surface area contributed by atoms with Gasteiger partial charge in [-0.1, -0.05) is 0 Å². The lowest BCUT2D eigenvalue weighted by Crippen LogP contribution is -2.03. The van der Waals surface area contributed by atoms with Crippen molar-refractivity contribution in [3.8, 4) is 0 Å². The van der Waals surface area contributed by atoms with Gasteiger partial charge in [0.2, 0.25) is 0 Å². The Labute approximate surface area is 70.6 Å². The zero-order valence-corrected chi connectivity index (χ0v) is 7.11. The van der Waals surface area contributed by atoms with Crippen LogP contribution in [0.15, 0.2) is 12.3 Å². The van der Waals surface area contributed by atoms with Crippen LogP contribution in [0.25, 0.3) is 0 Å². The Morgan fingerprint density at radius 3 is 2.58 bits per heavy atom. The summed E-state index contributed by atoms with van der Waals surface area (Å²) in [6, 6.07) is 1.47. The standard InChI is InChI=1S/C8H12N2O2/c1-5(9)6-3-7(8(11)12)10(2)4-6/h3-5H,9H2,1-2H3,(H,11,12). The molecule has 0 saturated carbocycles. The van der Waals surface area contributed by atoms with Crippen LogP contribution in [0.2, 0.25) is 0 Å². The summed E-state index contributed by atoms with van der Waals surface area (Å²) in [5, 5.41) is 8.70. The first-order valence-corrected chi connectivity index (χ1v) is 3.67. The molecule has 3 N–H and O–H groups in total. The number of carboxylic acid groups (broad SMARTS) is 1. The smallest absolute Gasteiger partial charge is 0.352 e. The van der Waals surface area contributed by atoms with Crippen LogP contribution in [0.3, 0.4) is 0 Å². The largest absolute Gasteiger partial charge is 0.477 e. The molecule has 1 heterocycles. The summed E-state index contributed by atoms with van der Waals surface area (Å²) in [6.45, 7) is 1.82. The van der Waals surface area contributed by atoms with Crippen molar-refractivity contribution >= 4 is 5.97 Å². The highest BCUT2D eigenvalue weighted by Crippen LogP contribution is 2.13. The molecule has 0 aliphatic carbocycles. The van der Waals surface area contributed by atoms with Crippen LogP contribution in [0, 0.1) is 0 Å². The van der Waals surface area contributed by atoms with Gasteiger partial charge >= 0.3 is 5.97 Å². The van der Waals surface area contributed by atoms with Crippen LogP contribution in [-0.2, 0) is 7.05 Å². The second-order valence-corrected chi connectivity index (χ2v) is 2.86. The highest BCUT2D eigenvalue weighted by Gasteiger charge is 2.11. The topological polar surface area (TPSA) is 68.2 Å². The van der Waals surface area contributed by atoms with E-state index in [2.05, 4.69) is 0 Å². The number of hydrogen-bond donors (Lipinski definition) is 2. The fourth-order valence-electron chi connectivity index (χ4n) is 1.05. The molecular weight excluding hydrogens is 156 g/mol. The number of hydrogen-bond acceptors (Lipinski definition) is 2. The van der Waals surface area contributed by atoms with Gasteiger partial charge in [0.05, 0.1) is 0 Å². The maximum Gasteiger partial charge on any atom is 0.352 e. The average Bonchev–Trinajstić information content (AvgIpc) is 2.30. The third-order valence-electron chi connectivity index (χ3n) is 1.77. The number of carbonyl (C=O) groups is 1. The predicted molar refractivity (Wildman–Crippen MR) is 45.0 cm³/mol. The van der Waals surface area contributed by atoms with E-state index in [1.54, 1.807) is 23.9 Å². The molecular formula is C8H12N2O2. The summed E-state index contributed by atoms with van der Waals surface area (Å²) in [5.74, 6) is -0.926. The third kappa shape index (κ3) is 1.48. The summed E-state index contributed by atoms with van der Waals surface area (Å²) < 4.78 is 1.56. The quantitative estimate of drug-likeness (QED) is 0.684. The molecule has 4 heteroatoms. The van der Waals surface area contributed by atoms with E-state index in [-0.39, 0.29) is 11.7 Å². The molecule has 1 atom stereocenters. The van der Waals surface area contributed by atoms with E-state index in [9.17, 15) is 4.79 Å². The minimum atomic E-state index is -0.926. The predicted octanol–water partition coefficient (Wildman–Crippen LogP) is 0.743. The van der Waals surface area contributed by atoms with Gasteiger partial charge in [-0.15, -0.1) is 0 Å². The van der Waals surface area contributed by atoms with Crippen molar-refractivity contribution in [3.05, 3.63) is 23.5 Å². The molecule has 66 valence electrons. The van der Waals surface area contributed by atoms with Crippen molar-refractivity contribution in [1.29, 1.82) is 0 Å².